The molecule has 0 bridgehead atoms. The summed E-state index contributed by atoms with van der Waals surface area (Å²) in [6.45, 7) is 1.44. The van der Waals surface area contributed by atoms with Crippen LogP contribution in [0.5, 0.6) is 0 Å². The zero-order chi connectivity index (χ0) is 17.6. The number of amides is 2. The van der Waals surface area contributed by atoms with E-state index < -0.39 is 36.1 Å². The summed E-state index contributed by atoms with van der Waals surface area (Å²) >= 11 is 0. The zero-order valence-electron chi connectivity index (χ0n) is 12.6. The molecule has 1 aromatic rings. The van der Waals surface area contributed by atoms with Crippen LogP contribution in [0.1, 0.15) is 18.4 Å². The van der Waals surface area contributed by atoms with Gasteiger partial charge in [-0.15, -0.1) is 0 Å². The van der Waals surface area contributed by atoms with E-state index in [1.165, 1.54) is 6.92 Å². The van der Waals surface area contributed by atoms with Gasteiger partial charge in [0.25, 0.3) is 11.8 Å². The average Bonchev–Trinajstić information content (AvgIpc) is 2.87. The van der Waals surface area contributed by atoms with E-state index in [0.717, 1.165) is 5.01 Å². The Morgan fingerprint density at radius 2 is 1.88 bits per heavy atom. The van der Waals surface area contributed by atoms with E-state index in [-0.39, 0.29) is 11.3 Å². The molecule has 2 aliphatic rings. The number of alkyl halides is 3. The van der Waals surface area contributed by atoms with Crippen LogP contribution in [0.3, 0.4) is 0 Å². The maximum atomic E-state index is 13.5. The summed E-state index contributed by atoms with van der Waals surface area (Å²) in [5.41, 5.74) is 7.59. The fourth-order valence-electron chi connectivity index (χ4n) is 3.18. The molecule has 3 atom stereocenters. The second-order valence-corrected chi connectivity index (χ2v) is 5.71. The number of benzene rings is 1. The Morgan fingerprint density at radius 1 is 1.25 bits per heavy atom. The monoisotopic (exact) mass is 340 g/mol. The number of allylic oxidation sites excluding steroid dienone is 1. The lowest BCUT2D eigenvalue weighted by molar-refractivity contribution is -0.161. The van der Waals surface area contributed by atoms with Crippen molar-refractivity contribution >= 4 is 11.8 Å². The van der Waals surface area contributed by atoms with Gasteiger partial charge in [-0.3, -0.25) is 9.59 Å². The molecule has 0 saturated carbocycles. The molecule has 0 aliphatic carbocycles. The fraction of sp³-hybridized carbons (Fsp3) is 0.333. The molecule has 0 radical (unpaired) electrons. The van der Waals surface area contributed by atoms with Crippen LogP contribution in [0.25, 0.3) is 0 Å². The summed E-state index contributed by atoms with van der Waals surface area (Å²) in [6.07, 6.45) is -5.56. The second-order valence-electron chi connectivity index (χ2n) is 5.71. The molecule has 1 saturated heterocycles. The van der Waals surface area contributed by atoms with Gasteiger partial charge in [0, 0.05) is 5.70 Å². The van der Waals surface area contributed by atoms with Crippen molar-refractivity contribution in [2.75, 3.05) is 0 Å². The summed E-state index contributed by atoms with van der Waals surface area (Å²) in [6, 6.07) is 6.14. The molecule has 2 heterocycles. The number of rotatable bonds is 2. The summed E-state index contributed by atoms with van der Waals surface area (Å²) < 4.78 is 40.4. The van der Waals surface area contributed by atoms with Gasteiger partial charge in [-0.05, 0) is 12.5 Å². The lowest BCUT2D eigenvalue weighted by Crippen LogP contribution is -2.56. The molecule has 0 spiro atoms. The topological polar surface area (TPSA) is 87.5 Å². The van der Waals surface area contributed by atoms with E-state index in [4.69, 9.17) is 5.73 Å². The molecule has 4 N–H and O–H groups in total. The Balaban J connectivity index is 2.07. The van der Waals surface area contributed by atoms with E-state index in [0.29, 0.717) is 5.56 Å². The number of halogens is 3. The molecule has 1 aromatic carbocycles. The lowest BCUT2D eigenvalue weighted by atomic mass is 9.89. The van der Waals surface area contributed by atoms with Crippen molar-refractivity contribution in [3.05, 3.63) is 47.2 Å². The van der Waals surface area contributed by atoms with Crippen molar-refractivity contribution in [3.63, 3.8) is 0 Å². The predicted octanol–water partition coefficient (Wildman–Crippen LogP) is 0.737. The number of hydrogen-bond donors (Lipinski definition) is 3. The van der Waals surface area contributed by atoms with Crippen molar-refractivity contribution in [2.24, 2.45) is 5.73 Å². The SMILES string of the molecule is CC1=C(C(N)=O)C(=O)N2NC(C(F)(F)F)C(c3ccccc3)C2N1. The number of carbonyl (C=O) groups is 2. The van der Waals surface area contributed by atoms with Crippen LogP contribution in [0.4, 0.5) is 13.2 Å². The molecular weight excluding hydrogens is 325 g/mol. The molecule has 1 fully saturated rings. The van der Waals surface area contributed by atoms with E-state index in [2.05, 4.69) is 10.7 Å². The first kappa shape index (κ1) is 16.3. The third-order valence-corrected chi connectivity index (χ3v) is 4.21. The maximum Gasteiger partial charge on any atom is 0.406 e. The molecule has 2 aliphatic heterocycles. The summed E-state index contributed by atoms with van der Waals surface area (Å²) in [5, 5.41) is 3.62. The number of fused-ring (bicyclic) bond motifs is 1. The molecule has 3 unspecified atom stereocenters. The molecule has 128 valence electrons. The van der Waals surface area contributed by atoms with Gasteiger partial charge < -0.3 is 11.1 Å². The minimum atomic E-state index is -4.58. The molecule has 3 rings (SSSR count). The molecule has 0 aromatic heterocycles. The minimum Gasteiger partial charge on any atom is -0.366 e. The first-order valence-corrected chi connectivity index (χ1v) is 7.20. The van der Waals surface area contributed by atoms with Crippen molar-refractivity contribution in [2.45, 2.75) is 31.2 Å². The highest BCUT2D eigenvalue weighted by Crippen LogP contribution is 2.41. The Kier molecular flexibility index (Phi) is 3.75. The van der Waals surface area contributed by atoms with Gasteiger partial charge in [0.2, 0.25) is 0 Å². The van der Waals surface area contributed by atoms with Crippen LogP contribution in [0, 0.1) is 0 Å². The molecule has 9 heteroatoms. The first-order chi connectivity index (χ1) is 11.2. The molecule has 24 heavy (non-hydrogen) atoms. The van der Waals surface area contributed by atoms with Crippen LogP contribution in [-0.4, -0.2) is 35.2 Å². The van der Waals surface area contributed by atoms with Crippen molar-refractivity contribution < 1.29 is 22.8 Å². The van der Waals surface area contributed by atoms with Gasteiger partial charge in [0.15, 0.2) is 0 Å². The highest BCUT2D eigenvalue weighted by atomic mass is 19.4. The van der Waals surface area contributed by atoms with Crippen LogP contribution in [0.15, 0.2) is 41.6 Å². The third kappa shape index (κ3) is 2.50. The molecule has 2 amide bonds. The third-order valence-electron chi connectivity index (χ3n) is 4.21. The number of nitrogens with two attached hydrogens (primary N) is 1. The van der Waals surface area contributed by atoms with Crippen LogP contribution in [0.2, 0.25) is 0 Å². The van der Waals surface area contributed by atoms with Crippen LogP contribution in [-0.2, 0) is 9.59 Å². The summed E-state index contributed by atoms with van der Waals surface area (Å²) in [7, 11) is 0. The van der Waals surface area contributed by atoms with Crippen molar-refractivity contribution in [3.8, 4) is 0 Å². The standard InChI is InChI=1S/C15H15F3N4O2/c1-7-9(12(19)23)14(24)22-13(20-7)10(8-5-3-2-4-6-8)11(21-22)15(16,17)18/h2-6,10-11,13,20-21H,1H3,(H2,19,23). The fourth-order valence-corrected chi connectivity index (χ4v) is 3.18. The van der Waals surface area contributed by atoms with Crippen molar-refractivity contribution in [1.82, 2.24) is 15.8 Å². The number of hydrazine groups is 1. The van der Waals surface area contributed by atoms with Crippen molar-refractivity contribution in [1.29, 1.82) is 0 Å². The second kappa shape index (κ2) is 5.52. The van der Waals surface area contributed by atoms with Gasteiger partial charge in [-0.2, -0.15) is 13.2 Å². The Hall–Kier alpha value is -2.55. The van der Waals surface area contributed by atoms with Gasteiger partial charge in [-0.1, -0.05) is 30.3 Å². The normalized spacial score (nSPS) is 27.1. The van der Waals surface area contributed by atoms with E-state index in [9.17, 15) is 22.8 Å². The quantitative estimate of drug-likeness (QED) is 0.693. The number of primary amides is 1. The number of nitrogens with one attached hydrogen (secondary N) is 2. The highest BCUT2D eigenvalue weighted by Gasteiger charge is 2.58. The molecular formula is C15H15F3N4O2. The minimum absolute atomic E-state index is 0.166. The lowest BCUT2D eigenvalue weighted by Gasteiger charge is -2.34. The number of nitrogens with zero attached hydrogens (tertiary/aromatic N) is 1. The van der Waals surface area contributed by atoms with E-state index in [1.54, 1.807) is 30.3 Å². The van der Waals surface area contributed by atoms with E-state index >= 15 is 0 Å². The zero-order valence-corrected chi connectivity index (χ0v) is 12.6. The number of hydrogen-bond acceptors (Lipinski definition) is 4. The Bertz CT molecular complexity index is 717. The van der Waals surface area contributed by atoms with Crippen LogP contribution < -0.4 is 16.5 Å². The Labute approximate surface area is 135 Å². The Morgan fingerprint density at radius 3 is 2.42 bits per heavy atom. The van der Waals surface area contributed by atoms with Gasteiger partial charge in [0.1, 0.15) is 17.8 Å². The first-order valence-electron chi connectivity index (χ1n) is 7.20. The van der Waals surface area contributed by atoms with Gasteiger partial charge >= 0.3 is 6.18 Å². The summed E-state index contributed by atoms with van der Waals surface area (Å²) in [4.78, 5) is 23.8. The maximum absolute atomic E-state index is 13.5. The number of carbonyl (C=O) groups excluding carboxylic acids is 2. The van der Waals surface area contributed by atoms with E-state index in [1.807, 2.05) is 0 Å². The smallest absolute Gasteiger partial charge is 0.366 e. The van der Waals surface area contributed by atoms with Crippen LogP contribution >= 0.6 is 0 Å². The van der Waals surface area contributed by atoms with Gasteiger partial charge in [-0.25, -0.2) is 10.4 Å². The summed E-state index contributed by atoms with van der Waals surface area (Å²) in [5.74, 6) is -2.92. The predicted molar refractivity (Wildman–Crippen MR) is 77.8 cm³/mol. The average molecular weight is 340 g/mol. The van der Waals surface area contributed by atoms with Gasteiger partial charge in [0.05, 0.1) is 5.92 Å². The highest BCUT2D eigenvalue weighted by molar-refractivity contribution is 6.18. The largest absolute Gasteiger partial charge is 0.406 e. The molecule has 6 nitrogen and oxygen atoms in total.